The first-order valence-corrected chi connectivity index (χ1v) is 10.0. The van der Waals surface area contributed by atoms with Crippen LogP contribution >= 0.6 is 0 Å². The van der Waals surface area contributed by atoms with E-state index in [-0.39, 0.29) is 0 Å². The van der Waals surface area contributed by atoms with Gasteiger partial charge in [0.2, 0.25) is 0 Å². The Morgan fingerprint density at radius 1 is 1.11 bits per heavy atom. The molecule has 3 nitrogen and oxygen atoms in total. The van der Waals surface area contributed by atoms with Gasteiger partial charge in [-0.15, -0.1) is 0 Å². The number of carbonyl (C=O) groups is 1. The van der Waals surface area contributed by atoms with E-state index in [4.69, 9.17) is 9.84 Å². The first kappa shape index (κ1) is 19.9. The van der Waals surface area contributed by atoms with Gasteiger partial charge in [-0.05, 0) is 72.4 Å². The van der Waals surface area contributed by atoms with Crippen LogP contribution in [-0.2, 0) is 17.8 Å². The molecule has 1 fully saturated rings. The zero-order valence-corrected chi connectivity index (χ0v) is 16.4. The van der Waals surface area contributed by atoms with Gasteiger partial charge in [0.1, 0.15) is 12.4 Å². The van der Waals surface area contributed by atoms with Crippen LogP contribution in [0.1, 0.15) is 42.9 Å². The number of ether oxygens (including phenoxy) is 1. The summed E-state index contributed by atoms with van der Waals surface area (Å²) in [7, 11) is 0. The van der Waals surface area contributed by atoms with Crippen molar-refractivity contribution in [3.05, 3.63) is 83.4 Å². The molecule has 3 heteroatoms. The molecule has 1 saturated carbocycles. The average Bonchev–Trinajstić information content (AvgIpc) is 3.38. The van der Waals surface area contributed by atoms with Crippen LogP contribution in [0.25, 0.3) is 6.08 Å². The number of aliphatic carboxylic acids is 1. The number of carboxylic acid groups (broad SMARTS) is 1. The second-order valence-corrected chi connectivity index (χ2v) is 7.38. The van der Waals surface area contributed by atoms with Crippen molar-refractivity contribution >= 4 is 12.0 Å². The zero-order valence-electron chi connectivity index (χ0n) is 16.4. The summed E-state index contributed by atoms with van der Waals surface area (Å²) in [4.78, 5) is 10.6. The van der Waals surface area contributed by atoms with Gasteiger partial charge in [-0.2, -0.15) is 0 Å². The molecular formula is C25H28O3. The molecule has 0 spiro atoms. The number of fused-ring (bicyclic) bond motifs is 2. The number of allylic oxidation sites excluding steroid dienone is 2. The molecule has 2 aromatic rings. The molecule has 146 valence electrons. The van der Waals surface area contributed by atoms with Crippen molar-refractivity contribution in [2.75, 3.05) is 0 Å². The summed E-state index contributed by atoms with van der Waals surface area (Å²) in [6.45, 7) is 2.56. The lowest BCUT2D eigenvalue weighted by molar-refractivity contribution is -0.131. The molecule has 0 amide bonds. The number of benzene rings is 2. The molecule has 2 bridgehead atoms. The Balaban J connectivity index is 0.000000264. The molecule has 1 N–H and O–H groups in total. The van der Waals surface area contributed by atoms with Crippen LogP contribution in [-0.4, -0.2) is 11.1 Å². The van der Waals surface area contributed by atoms with Crippen LogP contribution in [0.15, 0.2) is 66.8 Å². The van der Waals surface area contributed by atoms with E-state index in [0.717, 1.165) is 46.8 Å². The quantitative estimate of drug-likeness (QED) is 0.504. The third kappa shape index (κ3) is 5.85. The highest BCUT2D eigenvalue weighted by Gasteiger charge is 2.25. The molecule has 2 aliphatic carbocycles. The van der Waals surface area contributed by atoms with Gasteiger partial charge in [-0.1, -0.05) is 55.5 Å². The van der Waals surface area contributed by atoms with E-state index >= 15 is 0 Å². The maximum Gasteiger partial charge on any atom is 0.328 e. The number of rotatable bonds is 6. The van der Waals surface area contributed by atoms with Gasteiger partial charge in [0, 0.05) is 6.08 Å². The van der Waals surface area contributed by atoms with Crippen molar-refractivity contribution in [1.29, 1.82) is 0 Å². The molecule has 0 aromatic heterocycles. The van der Waals surface area contributed by atoms with E-state index in [1.807, 2.05) is 55.5 Å². The van der Waals surface area contributed by atoms with E-state index in [1.165, 1.54) is 19.3 Å². The summed E-state index contributed by atoms with van der Waals surface area (Å²) in [6.07, 6.45) is 12.8. The standard InChI is InChI=1S/C18H18O3.C7H10/c1-2-15-12-17(10-8-16(15)9-11-18(19)20)21-13-14-6-4-3-5-7-14;1-2-7-4-3-6(1)5-7/h3-12H,2,13H2,1H3,(H,19,20);1-2,6-7H,3-5H2. The fraction of sp³-hybridized carbons (Fsp3) is 0.320. The second-order valence-electron chi connectivity index (χ2n) is 7.38. The number of hydrogen-bond donors (Lipinski definition) is 1. The molecule has 2 aliphatic rings. The van der Waals surface area contributed by atoms with Gasteiger partial charge in [-0.3, -0.25) is 0 Å². The number of aryl methyl sites for hydroxylation is 1. The maximum atomic E-state index is 10.6. The Morgan fingerprint density at radius 3 is 2.36 bits per heavy atom. The lowest BCUT2D eigenvalue weighted by Crippen LogP contribution is -1.97. The molecular weight excluding hydrogens is 348 g/mol. The van der Waals surface area contributed by atoms with Crippen LogP contribution in [0.5, 0.6) is 5.75 Å². The van der Waals surface area contributed by atoms with E-state index in [0.29, 0.717) is 6.61 Å². The fourth-order valence-electron chi connectivity index (χ4n) is 3.76. The minimum absolute atomic E-state index is 0.522. The third-order valence-electron chi connectivity index (χ3n) is 5.32. The molecule has 0 saturated heterocycles. The van der Waals surface area contributed by atoms with Crippen LogP contribution in [0, 0.1) is 11.8 Å². The van der Waals surface area contributed by atoms with Crippen LogP contribution in [0.2, 0.25) is 0 Å². The van der Waals surface area contributed by atoms with Crippen molar-refractivity contribution in [1.82, 2.24) is 0 Å². The molecule has 2 aromatic carbocycles. The Bertz CT molecular complexity index is 824. The first-order valence-electron chi connectivity index (χ1n) is 10.0. The van der Waals surface area contributed by atoms with Gasteiger partial charge >= 0.3 is 5.97 Å². The smallest absolute Gasteiger partial charge is 0.328 e. The van der Waals surface area contributed by atoms with Crippen LogP contribution < -0.4 is 4.74 Å². The topological polar surface area (TPSA) is 46.5 Å². The van der Waals surface area contributed by atoms with Gasteiger partial charge in [0.05, 0.1) is 0 Å². The molecule has 2 unspecified atom stereocenters. The Morgan fingerprint density at radius 2 is 1.82 bits per heavy atom. The fourth-order valence-corrected chi connectivity index (χ4v) is 3.76. The van der Waals surface area contributed by atoms with Crippen LogP contribution in [0.3, 0.4) is 0 Å². The maximum absolute atomic E-state index is 10.6. The van der Waals surface area contributed by atoms with Crippen LogP contribution in [0.4, 0.5) is 0 Å². The minimum atomic E-state index is -0.943. The average molecular weight is 376 g/mol. The van der Waals surface area contributed by atoms with Crippen molar-refractivity contribution in [3.63, 3.8) is 0 Å². The minimum Gasteiger partial charge on any atom is -0.489 e. The highest BCUT2D eigenvalue weighted by Crippen LogP contribution is 2.38. The van der Waals surface area contributed by atoms with E-state index in [2.05, 4.69) is 12.2 Å². The highest BCUT2D eigenvalue weighted by molar-refractivity contribution is 5.85. The summed E-state index contributed by atoms with van der Waals surface area (Å²) < 4.78 is 5.77. The van der Waals surface area contributed by atoms with E-state index in [9.17, 15) is 4.79 Å². The predicted molar refractivity (Wildman–Crippen MR) is 113 cm³/mol. The third-order valence-corrected chi connectivity index (χ3v) is 5.32. The predicted octanol–water partition coefficient (Wildman–Crippen LogP) is 5.90. The van der Waals surface area contributed by atoms with E-state index < -0.39 is 5.97 Å². The van der Waals surface area contributed by atoms with Gasteiger partial charge in [-0.25, -0.2) is 4.79 Å². The van der Waals surface area contributed by atoms with Gasteiger partial charge < -0.3 is 9.84 Å². The van der Waals surface area contributed by atoms with Crippen molar-refractivity contribution in [2.24, 2.45) is 11.8 Å². The van der Waals surface area contributed by atoms with Crippen molar-refractivity contribution < 1.29 is 14.6 Å². The lowest BCUT2D eigenvalue weighted by Gasteiger charge is -2.10. The Labute approximate surface area is 167 Å². The Hall–Kier alpha value is -2.81. The normalized spacial score (nSPS) is 19.5. The molecule has 4 rings (SSSR count). The SMILES string of the molecule is C1=CC2CCC1C2.CCc1cc(OCc2ccccc2)ccc1C=CC(=O)O. The lowest BCUT2D eigenvalue weighted by atomic mass is 10.0. The highest BCUT2D eigenvalue weighted by atomic mass is 16.5. The Kier molecular flexibility index (Phi) is 7.07. The molecule has 28 heavy (non-hydrogen) atoms. The molecule has 0 radical (unpaired) electrons. The summed E-state index contributed by atoms with van der Waals surface area (Å²) in [5, 5.41) is 8.69. The van der Waals surface area contributed by atoms with Gasteiger partial charge in [0.25, 0.3) is 0 Å². The molecule has 0 aliphatic heterocycles. The summed E-state index contributed by atoms with van der Waals surface area (Å²) in [5.74, 6) is 1.83. The number of carboxylic acids is 1. The molecule has 2 atom stereocenters. The number of hydrogen-bond acceptors (Lipinski definition) is 2. The monoisotopic (exact) mass is 376 g/mol. The van der Waals surface area contributed by atoms with Crippen molar-refractivity contribution in [3.8, 4) is 5.75 Å². The summed E-state index contributed by atoms with van der Waals surface area (Å²) >= 11 is 0. The van der Waals surface area contributed by atoms with E-state index in [1.54, 1.807) is 6.08 Å². The summed E-state index contributed by atoms with van der Waals surface area (Å²) in [6, 6.07) is 15.7. The van der Waals surface area contributed by atoms with Crippen molar-refractivity contribution in [2.45, 2.75) is 39.2 Å². The zero-order chi connectivity index (χ0) is 19.8. The molecule has 0 heterocycles. The van der Waals surface area contributed by atoms with Gasteiger partial charge in [0.15, 0.2) is 0 Å². The summed E-state index contributed by atoms with van der Waals surface area (Å²) in [5.41, 5.74) is 3.09. The first-order chi connectivity index (χ1) is 13.6. The largest absolute Gasteiger partial charge is 0.489 e. The second kappa shape index (κ2) is 9.93.